The second-order valence-electron chi connectivity index (χ2n) is 3.62. The molecule has 84 valence electrons. The molecular weight excluding hydrogens is 246 g/mol. The maximum Gasteiger partial charge on any atom is 0.0702 e. The first-order chi connectivity index (χ1) is 6.86. The van der Waals surface area contributed by atoms with Crippen molar-refractivity contribution in [2.24, 2.45) is 0 Å². The summed E-state index contributed by atoms with van der Waals surface area (Å²) < 4.78 is 10.7. The molecule has 1 heterocycles. The molecule has 0 amide bonds. The molecule has 0 saturated carbocycles. The van der Waals surface area contributed by atoms with Crippen LogP contribution in [0.15, 0.2) is 0 Å². The van der Waals surface area contributed by atoms with E-state index in [2.05, 4.69) is 20.8 Å². The second-order valence-corrected chi connectivity index (χ2v) is 4.41. The van der Waals surface area contributed by atoms with Crippen LogP contribution in [0.3, 0.4) is 0 Å². The summed E-state index contributed by atoms with van der Waals surface area (Å²) >= 11 is 3.47. The van der Waals surface area contributed by atoms with Gasteiger partial charge in [-0.1, -0.05) is 15.9 Å². The molecule has 1 rings (SSSR count). The second kappa shape index (κ2) is 7.63. The topological polar surface area (TPSA) is 21.7 Å². The van der Waals surface area contributed by atoms with Crippen molar-refractivity contribution in [2.75, 3.05) is 45.3 Å². The van der Waals surface area contributed by atoms with Gasteiger partial charge in [-0.15, -0.1) is 0 Å². The number of hydrogen-bond donors (Lipinski definition) is 0. The van der Waals surface area contributed by atoms with Crippen LogP contribution in [0.5, 0.6) is 0 Å². The molecule has 3 nitrogen and oxygen atoms in total. The number of rotatable bonds is 7. The van der Waals surface area contributed by atoms with E-state index in [0.717, 1.165) is 38.2 Å². The third-order valence-corrected chi connectivity index (χ3v) is 2.85. The number of ether oxygens (including phenoxy) is 2. The molecule has 0 bridgehead atoms. The summed E-state index contributed by atoms with van der Waals surface area (Å²) in [6.07, 6.45) is 2.88. The maximum atomic E-state index is 5.61. The zero-order valence-corrected chi connectivity index (χ0v) is 10.5. The van der Waals surface area contributed by atoms with Crippen molar-refractivity contribution in [3.63, 3.8) is 0 Å². The molecule has 0 radical (unpaired) electrons. The largest absolute Gasteiger partial charge is 0.383 e. The number of nitrogens with zero attached hydrogens (tertiary/aromatic N) is 1. The van der Waals surface area contributed by atoms with Gasteiger partial charge in [-0.2, -0.15) is 0 Å². The van der Waals surface area contributed by atoms with Crippen LogP contribution in [0.4, 0.5) is 0 Å². The van der Waals surface area contributed by atoms with E-state index in [9.17, 15) is 0 Å². The van der Waals surface area contributed by atoms with Gasteiger partial charge in [0.1, 0.15) is 0 Å². The number of halogens is 1. The highest BCUT2D eigenvalue weighted by Crippen LogP contribution is 2.13. The first-order valence-corrected chi connectivity index (χ1v) is 6.38. The summed E-state index contributed by atoms with van der Waals surface area (Å²) in [7, 11) is 1.75. The van der Waals surface area contributed by atoms with Gasteiger partial charge in [0.25, 0.3) is 0 Å². The molecule has 1 saturated heterocycles. The van der Waals surface area contributed by atoms with Crippen LogP contribution in [0.25, 0.3) is 0 Å². The molecule has 1 atom stereocenters. The minimum absolute atomic E-state index is 0.450. The van der Waals surface area contributed by atoms with Crippen LogP contribution >= 0.6 is 15.9 Å². The summed E-state index contributed by atoms with van der Waals surface area (Å²) in [4.78, 5) is 2.40. The lowest BCUT2D eigenvalue weighted by atomic mass is 10.2. The van der Waals surface area contributed by atoms with Crippen molar-refractivity contribution in [1.82, 2.24) is 4.90 Å². The maximum absolute atomic E-state index is 5.61. The van der Waals surface area contributed by atoms with E-state index in [1.807, 2.05) is 0 Å². The molecule has 0 N–H and O–H groups in total. The van der Waals surface area contributed by atoms with Crippen LogP contribution in [0, 0.1) is 0 Å². The summed E-state index contributed by atoms with van der Waals surface area (Å²) in [5.74, 6) is 0. The van der Waals surface area contributed by atoms with Gasteiger partial charge in [0.2, 0.25) is 0 Å². The van der Waals surface area contributed by atoms with E-state index < -0.39 is 0 Å². The van der Waals surface area contributed by atoms with Crippen molar-refractivity contribution < 1.29 is 9.47 Å². The smallest absolute Gasteiger partial charge is 0.0702 e. The lowest BCUT2D eigenvalue weighted by Gasteiger charge is -2.23. The Hall–Kier alpha value is 0.360. The molecule has 4 heteroatoms. The van der Waals surface area contributed by atoms with Gasteiger partial charge in [0.15, 0.2) is 0 Å². The number of alkyl halides is 1. The summed E-state index contributed by atoms with van der Waals surface area (Å²) in [5, 5.41) is 1.02. The highest BCUT2D eigenvalue weighted by atomic mass is 79.9. The Morgan fingerprint density at radius 3 is 2.93 bits per heavy atom. The number of methoxy groups -OCH3 is 1. The van der Waals surface area contributed by atoms with Crippen LogP contribution in [0.2, 0.25) is 0 Å². The van der Waals surface area contributed by atoms with Crippen LogP contribution in [0.1, 0.15) is 12.8 Å². The van der Waals surface area contributed by atoms with Crippen molar-refractivity contribution >= 4 is 15.9 Å². The van der Waals surface area contributed by atoms with E-state index in [1.54, 1.807) is 7.11 Å². The van der Waals surface area contributed by atoms with Crippen molar-refractivity contribution in [3.05, 3.63) is 0 Å². The summed E-state index contributed by atoms with van der Waals surface area (Å²) in [6, 6.07) is 0. The summed E-state index contributed by atoms with van der Waals surface area (Å²) in [5.41, 5.74) is 0. The van der Waals surface area contributed by atoms with Gasteiger partial charge >= 0.3 is 0 Å². The predicted octanol–water partition coefficient (Wildman–Crippen LogP) is 1.51. The zero-order valence-electron chi connectivity index (χ0n) is 8.88. The van der Waals surface area contributed by atoms with Crippen molar-refractivity contribution in [1.29, 1.82) is 0 Å². The molecule has 0 aromatic rings. The molecule has 0 aliphatic carbocycles. The zero-order chi connectivity index (χ0) is 10.2. The van der Waals surface area contributed by atoms with E-state index >= 15 is 0 Å². The van der Waals surface area contributed by atoms with Gasteiger partial charge in [-0.3, -0.25) is 4.90 Å². The van der Waals surface area contributed by atoms with E-state index in [0.29, 0.717) is 6.10 Å². The highest BCUT2D eigenvalue weighted by Gasteiger charge is 2.18. The SMILES string of the molecule is COCCN(CCBr)CC1CCCO1. The van der Waals surface area contributed by atoms with Crippen LogP contribution in [-0.4, -0.2) is 56.3 Å². The molecule has 1 unspecified atom stereocenters. The Labute approximate surface area is 94.9 Å². The minimum Gasteiger partial charge on any atom is -0.383 e. The monoisotopic (exact) mass is 265 g/mol. The summed E-state index contributed by atoms with van der Waals surface area (Å²) in [6.45, 7) is 4.87. The lowest BCUT2D eigenvalue weighted by molar-refractivity contribution is 0.0643. The van der Waals surface area contributed by atoms with Gasteiger partial charge in [-0.25, -0.2) is 0 Å². The normalized spacial score (nSPS) is 22.1. The van der Waals surface area contributed by atoms with E-state index in [-0.39, 0.29) is 0 Å². The molecule has 14 heavy (non-hydrogen) atoms. The molecule has 1 fully saturated rings. The third-order valence-electron chi connectivity index (χ3n) is 2.50. The van der Waals surface area contributed by atoms with E-state index in [1.165, 1.54) is 12.8 Å². The fraction of sp³-hybridized carbons (Fsp3) is 1.00. The first-order valence-electron chi connectivity index (χ1n) is 5.25. The standard InChI is InChI=1S/C10H20BrNO2/c1-13-8-6-12(5-4-11)9-10-3-2-7-14-10/h10H,2-9H2,1H3. The molecule has 1 aliphatic rings. The highest BCUT2D eigenvalue weighted by molar-refractivity contribution is 9.09. The van der Waals surface area contributed by atoms with E-state index in [4.69, 9.17) is 9.47 Å². The van der Waals surface area contributed by atoms with Crippen LogP contribution < -0.4 is 0 Å². The van der Waals surface area contributed by atoms with Gasteiger partial charge in [0, 0.05) is 38.7 Å². The average Bonchev–Trinajstić information content (AvgIpc) is 2.67. The minimum atomic E-state index is 0.450. The molecule has 0 spiro atoms. The lowest BCUT2D eigenvalue weighted by Crippen LogP contribution is -2.36. The Morgan fingerprint density at radius 1 is 1.50 bits per heavy atom. The quantitative estimate of drug-likeness (QED) is 0.652. The molecule has 0 aromatic carbocycles. The van der Waals surface area contributed by atoms with Gasteiger partial charge in [0.05, 0.1) is 12.7 Å². The van der Waals surface area contributed by atoms with Gasteiger partial charge in [-0.05, 0) is 12.8 Å². The average molecular weight is 266 g/mol. The Bertz CT molecular complexity index is 140. The Kier molecular flexibility index (Phi) is 6.77. The first kappa shape index (κ1) is 12.4. The Balaban J connectivity index is 2.18. The fourth-order valence-corrected chi connectivity index (χ4v) is 2.21. The van der Waals surface area contributed by atoms with Crippen molar-refractivity contribution in [2.45, 2.75) is 18.9 Å². The Morgan fingerprint density at radius 2 is 2.36 bits per heavy atom. The van der Waals surface area contributed by atoms with Crippen LogP contribution in [-0.2, 0) is 9.47 Å². The third kappa shape index (κ3) is 4.73. The molecular formula is C10H20BrNO2. The molecule has 0 aromatic heterocycles. The molecule has 1 aliphatic heterocycles. The number of hydrogen-bond acceptors (Lipinski definition) is 3. The predicted molar refractivity (Wildman–Crippen MR) is 61.1 cm³/mol. The van der Waals surface area contributed by atoms with Crippen molar-refractivity contribution in [3.8, 4) is 0 Å². The fourth-order valence-electron chi connectivity index (χ4n) is 1.71. The van der Waals surface area contributed by atoms with Gasteiger partial charge < -0.3 is 9.47 Å².